The third-order valence-corrected chi connectivity index (χ3v) is 3.08. The molecule has 0 amide bonds. The average molecular weight is 198 g/mol. The van der Waals surface area contributed by atoms with Crippen molar-refractivity contribution in [1.82, 2.24) is 9.80 Å². The minimum absolute atomic E-state index is 0.0672. The molecule has 0 radical (unpaired) electrons. The molecule has 0 aromatic heterocycles. The zero-order valence-electron chi connectivity index (χ0n) is 9.29. The molecule has 1 heterocycles. The van der Waals surface area contributed by atoms with E-state index in [9.17, 15) is 0 Å². The Bertz CT molecular complexity index is 187. The molecular weight excluding hydrogens is 176 g/mol. The highest BCUT2D eigenvalue weighted by molar-refractivity contribution is 5.82. The van der Waals surface area contributed by atoms with Gasteiger partial charge in [-0.1, -0.05) is 0 Å². The SMILES string of the molecule is CC(C(=N)N)N(C)CCN1CCCC1. The molecule has 1 rings (SSSR count). The second kappa shape index (κ2) is 5.32. The van der Waals surface area contributed by atoms with Gasteiger partial charge in [-0.3, -0.25) is 10.3 Å². The lowest BCUT2D eigenvalue weighted by molar-refractivity contribution is 0.244. The monoisotopic (exact) mass is 198 g/mol. The highest BCUT2D eigenvalue weighted by atomic mass is 15.2. The molecule has 0 saturated carbocycles. The minimum atomic E-state index is 0.0672. The van der Waals surface area contributed by atoms with E-state index in [1.165, 1.54) is 25.9 Å². The molecule has 1 saturated heterocycles. The Labute approximate surface area is 86.6 Å². The first-order valence-electron chi connectivity index (χ1n) is 5.38. The smallest absolute Gasteiger partial charge is 0.108 e. The summed E-state index contributed by atoms with van der Waals surface area (Å²) in [6.45, 7) is 6.56. The van der Waals surface area contributed by atoms with Gasteiger partial charge in [0.05, 0.1) is 6.04 Å². The van der Waals surface area contributed by atoms with E-state index >= 15 is 0 Å². The number of rotatable bonds is 5. The van der Waals surface area contributed by atoms with E-state index < -0.39 is 0 Å². The Morgan fingerprint density at radius 2 is 2.07 bits per heavy atom. The normalized spacial score (nSPS) is 20.2. The maximum atomic E-state index is 7.34. The molecule has 1 atom stereocenters. The molecule has 82 valence electrons. The lowest BCUT2D eigenvalue weighted by Crippen LogP contribution is -2.43. The van der Waals surface area contributed by atoms with Crippen LogP contribution in [0.25, 0.3) is 0 Å². The van der Waals surface area contributed by atoms with Crippen molar-refractivity contribution in [2.75, 3.05) is 33.2 Å². The van der Waals surface area contributed by atoms with Crippen LogP contribution in [0, 0.1) is 5.41 Å². The minimum Gasteiger partial charge on any atom is -0.386 e. The Morgan fingerprint density at radius 3 is 2.57 bits per heavy atom. The quantitative estimate of drug-likeness (QED) is 0.495. The van der Waals surface area contributed by atoms with Crippen LogP contribution < -0.4 is 5.73 Å². The lowest BCUT2D eigenvalue weighted by atomic mass is 10.3. The highest BCUT2D eigenvalue weighted by Crippen LogP contribution is 2.06. The van der Waals surface area contributed by atoms with Gasteiger partial charge in [-0.15, -0.1) is 0 Å². The van der Waals surface area contributed by atoms with Crippen molar-refractivity contribution in [3.63, 3.8) is 0 Å². The maximum absolute atomic E-state index is 7.34. The molecule has 0 spiro atoms. The number of likely N-dealkylation sites (tertiary alicyclic amines) is 1. The molecule has 4 nitrogen and oxygen atoms in total. The van der Waals surface area contributed by atoms with Gasteiger partial charge in [0.25, 0.3) is 0 Å². The van der Waals surface area contributed by atoms with Crippen molar-refractivity contribution >= 4 is 5.84 Å². The van der Waals surface area contributed by atoms with Crippen LogP contribution in [0.5, 0.6) is 0 Å². The van der Waals surface area contributed by atoms with Crippen LogP contribution in [-0.4, -0.2) is 54.9 Å². The van der Waals surface area contributed by atoms with Gasteiger partial charge in [0.1, 0.15) is 5.84 Å². The van der Waals surface area contributed by atoms with E-state index in [1.807, 2.05) is 14.0 Å². The summed E-state index contributed by atoms with van der Waals surface area (Å²) in [7, 11) is 2.03. The summed E-state index contributed by atoms with van der Waals surface area (Å²) in [5.41, 5.74) is 5.45. The van der Waals surface area contributed by atoms with Crippen molar-refractivity contribution < 1.29 is 0 Å². The second-order valence-corrected chi connectivity index (χ2v) is 4.16. The molecule has 0 bridgehead atoms. The van der Waals surface area contributed by atoms with Crippen molar-refractivity contribution in [3.8, 4) is 0 Å². The molecule has 3 N–H and O–H groups in total. The number of nitrogens with one attached hydrogen (secondary N) is 1. The molecule has 14 heavy (non-hydrogen) atoms. The van der Waals surface area contributed by atoms with Crippen LogP contribution in [-0.2, 0) is 0 Å². The first kappa shape index (κ1) is 11.5. The zero-order valence-corrected chi connectivity index (χ0v) is 9.29. The highest BCUT2D eigenvalue weighted by Gasteiger charge is 2.15. The van der Waals surface area contributed by atoms with Gasteiger partial charge in [0.2, 0.25) is 0 Å². The van der Waals surface area contributed by atoms with Gasteiger partial charge in [-0.25, -0.2) is 0 Å². The molecule has 1 fully saturated rings. The Morgan fingerprint density at radius 1 is 1.50 bits per heavy atom. The fraction of sp³-hybridized carbons (Fsp3) is 0.900. The molecule has 1 aliphatic heterocycles. The lowest BCUT2D eigenvalue weighted by Gasteiger charge is -2.25. The zero-order chi connectivity index (χ0) is 10.6. The van der Waals surface area contributed by atoms with Crippen LogP contribution in [0.1, 0.15) is 19.8 Å². The largest absolute Gasteiger partial charge is 0.386 e. The number of nitrogens with two attached hydrogens (primary N) is 1. The predicted molar refractivity (Wildman–Crippen MR) is 59.7 cm³/mol. The average Bonchev–Trinajstić information content (AvgIpc) is 2.65. The number of nitrogens with zero attached hydrogens (tertiary/aromatic N) is 2. The topological polar surface area (TPSA) is 56.4 Å². The summed E-state index contributed by atoms with van der Waals surface area (Å²) in [4.78, 5) is 4.62. The van der Waals surface area contributed by atoms with E-state index in [1.54, 1.807) is 0 Å². The van der Waals surface area contributed by atoms with E-state index in [0.29, 0.717) is 0 Å². The molecule has 0 aliphatic carbocycles. The fourth-order valence-electron chi connectivity index (χ4n) is 1.74. The van der Waals surface area contributed by atoms with Gasteiger partial charge < -0.3 is 10.6 Å². The van der Waals surface area contributed by atoms with Gasteiger partial charge >= 0.3 is 0 Å². The number of hydrogen-bond donors (Lipinski definition) is 2. The third-order valence-electron chi connectivity index (χ3n) is 3.08. The van der Waals surface area contributed by atoms with Crippen LogP contribution in [0.15, 0.2) is 0 Å². The van der Waals surface area contributed by atoms with Gasteiger partial charge in [-0.05, 0) is 39.9 Å². The van der Waals surface area contributed by atoms with E-state index in [0.717, 1.165) is 13.1 Å². The standard InChI is InChI=1S/C10H22N4/c1-9(10(11)12)13(2)7-8-14-5-3-4-6-14/h9H,3-8H2,1-2H3,(H3,11,12). The Hall–Kier alpha value is -0.610. The van der Waals surface area contributed by atoms with Crippen molar-refractivity contribution in [3.05, 3.63) is 0 Å². The fourth-order valence-corrected chi connectivity index (χ4v) is 1.74. The van der Waals surface area contributed by atoms with E-state index in [2.05, 4.69) is 9.80 Å². The summed E-state index contributed by atoms with van der Waals surface area (Å²) < 4.78 is 0. The summed E-state index contributed by atoms with van der Waals surface area (Å²) in [6, 6.07) is 0.0672. The Kier molecular flexibility index (Phi) is 4.35. The van der Waals surface area contributed by atoms with Gasteiger partial charge in [-0.2, -0.15) is 0 Å². The van der Waals surface area contributed by atoms with Gasteiger partial charge in [0.15, 0.2) is 0 Å². The molecule has 0 aromatic carbocycles. The van der Waals surface area contributed by atoms with Crippen molar-refractivity contribution in [1.29, 1.82) is 5.41 Å². The third kappa shape index (κ3) is 3.27. The second-order valence-electron chi connectivity index (χ2n) is 4.16. The summed E-state index contributed by atoms with van der Waals surface area (Å²) in [5, 5.41) is 7.34. The van der Waals surface area contributed by atoms with E-state index in [4.69, 9.17) is 11.1 Å². The summed E-state index contributed by atoms with van der Waals surface area (Å²) >= 11 is 0. The van der Waals surface area contributed by atoms with Crippen LogP contribution in [0.4, 0.5) is 0 Å². The predicted octanol–water partition coefficient (Wildman–Crippen LogP) is 0.338. The Balaban J connectivity index is 2.19. The first-order valence-corrected chi connectivity index (χ1v) is 5.38. The maximum Gasteiger partial charge on any atom is 0.108 e. The first-order chi connectivity index (χ1) is 6.61. The molecular formula is C10H22N4. The summed E-state index contributed by atoms with van der Waals surface area (Å²) in [6.07, 6.45) is 2.68. The van der Waals surface area contributed by atoms with Crippen LogP contribution in [0.3, 0.4) is 0 Å². The molecule has 1 aliphatic rings. The summed E-state index contributed by atoms with van der Waals surface area (Å²) in [5.74, 6) is 0.258. The number of hydrogen-bond acceptors (Lipinski definition) is 3. The van der Waals surface area contributed by atoms with Crippen molar-refractivity contribution in [2.45, 2.75) is 25.8 Å². The molecule has 1 unspecified atom stereocenters. The van der Waals surface area contributed by atoms with Gasteiger partial charge in [0, 0.05) is 13.1 Å². The van der Waals surface area contributed by atoms with Crippen LogP contribution >= 0.6 is 0 Å². The van der Waals surface area contributed by atoms with Crippen molar-refractivity contribution in [2.24, 2.45) is 5.73 Å². The molecule has 4 heteroatoms. The van der Waals surface area contributed by atoms with Crippen LogP contribution in [0.2, 0.25) is 0 Å². The number of likely N-dealkylation sites (N-methyl/N-ethyl adjacent to an activating group) is 1. The molecule has 0 aromatic rings. The number of amidine groups is 1. The van der Waals surface area contributed by atoms with E-state index in [-0.39, 0.29) is 11.9 Å².